The monoisotopic (exact) mass is 559 g/mol. The molecule has 212 valence electrons. The summed E-state index contributed by atoms with van der Waals surface area (Å²) in [6.07, 6.45) is 6.24. The van der Waals surface area contributed by atoms with Gasteiger partial charge in [-0.2, -0.15) is 0 Å². The highest BCUT2D eigenvalue weighted by atomic mass is 16.5. The standard InChI is InChI=1S/C34H33N5O3/c1-24-20-25(12-14-28(24)29-9-4-6-11-32(29)42-2)34(41)39-22-27-13-15-31(38(27)21-26-8-3-5-10-30(26)39)33(40)36-16-7-18-37-19-17-35-23-37/h3-6,8-15,17,19-20,23H,7,16,18,21-22H2,1-2H3,(H,36,40). The van der Waals surface area contributed by atoms with Crippen LogP contribution < -0.4 is 15.0 Å². The topological polar surface area (TPSA) is 81.4 Å². The molecule has 0 saturated carbocycles. The lowest BCUT2D eigenvalue weighted by molar-refractivity contribution is 0.0943. The molecule has 2 aromatic heterocycles. The number of fused-ring (bicyclic) bond motifs is 2. The van der Waals surface area contributed by atoms with Gasteiger partial charge in [-0.25, -0.2) is 4.98 Å². The second-order valence-corrected chi connectivity index (χ2v) is 10.5. The van der Waals surface area contributed by atoms with E-state index < -0.39 is 0 Å². The number of benzene rings is 3. The Morgan fingerprint density at radius 2 is 1.79 bits per heavy atom. The molecule has 3 heterocycles. The fraction of sp³-hybridized carbons (Fsp3) is 0.206. The molecule has 0 atom stereocenters. The van der Waals surface area contributed by atoms with E-state index in [1.54, 1.807) is 19.6 Å². The molecule has 1 N–H and O–H groups in total. The molecule has 0 saturated heterocycles. The molecule has 1 aliphatic heterocycles. The summed E-state index contributed by atoms with van der Waals surface area (Å²) < 4.78 is 9.58. The van der Waals surface area contributed by atoms with Crippen molar-refractivity contribution in [3.8, 4) is 16.9 Å². The van der Waals surface area contributed by atoms with E-state index in [4.69, 9.17) is 4.74 Å². The van der Waals surface area contributed by atoms with Crippen molar-refractivity contribution in [2.75, 3.05) is 18.6 Å². The van der Waals surface area contributed by atoms with Crippen molar-refractivity contribution in [1.82, 2.24) is 19.4 Å². The van der Waals surface area contributed by atoms with Gasteiger partial charge in [-0.3, -0.25) is 9.59 Å². The van der Waals surface area contributed by atoms with Gasteiger partial charge in [0.1, 0.15) is 11.4 Å². The van der Waals surface area contributed by atoms with E-state index in [1.165, 1.54) is 0 Å². The smallest absolute Gasteiger partial charge is 0.267 e. The molecule has 6 rings (SSSR count). The van der Waals surface area contributed by atoms with Gasteiger partial charge in [0, 0.05) is 48.0 Å². The molecule has 0 spiro atoms. The number of anilines is 1. The molecule has 3 aromatic carbocycles. The molecule has 8 nitrogen and oxygen atoms in total. The van der Waals surface area contributed by atoms with Crippen LogP contribution in [0.3, 0.4) is 0 Å². The highest BCUT2D eigenvalue weighted by Crippen LogP contribution is 2.34. The minimum absolute atomic E-state index is 0.0859. The predicted octanol–water partition coefficient (Wildman–Crippen LogP) is 5.70. The molecular weight excluding hydrogens is 526 g/mol. The Morgan fingerprint density at radius 3 is 2.60 bits per heavy atom. The number of para-hydroxylation sites is 2. The summed E-state index contributed by atoms with van der Waals surface area (Å²) in [4.78, 5) is 33.1. The van der Waals surface area contributed by atoms with Crippen LogP contribution in [0.25, 0.3) is 11.1 Å². The summed E-state index contributed by atoms with van der Waals surface area (Å²) in [6, 6.07) is 25.4. The second kappa shape index (κ2) is 11.8. The maximum absolute atomic E-state index is 14.1. The minimum atomic E-state index is -0.119. The predicted molar refractivity (Wildman–Crippen MR) is 163 cm³/mol. The molecule has 0 radical (unpaired) electrons. The third kappa shape index (κ3) is 5.31. The highest BCUT2D eigenvalue weighted by molar-refractivity contribution is 6.07. The number of hydrogen-bond acceptors (Lipinski definition) is 4. The SMILES string of the molecule is COc1ccccc1-c1ccc(C(=O)N2Cc3ccc(C(=O)NCCCn4ccnc4)n3Cc3ccccc32)cc1C. The van der Waals surface area contributed by atoms with Crippen molar-refractivity contribution in [2.24, 2.45) is 0 Å². The second-order valence-electron chi connectivity index (χ2n) is 10.5. The number of aryl methyl sites for hydroxylation is 2. The first-order valence-electron chi connectivity index (χ1n) is 14.1. The van der Waals surface area contributed by atoms with Crippen molar-refractivity contribution in [2.45, 2.75) is 33.0 Å². The Balaban J connectivity index is 1.25. The van der Waals surface area contributed by atoms with E-state index in [2.05, 4.69) is 10.3 Å². The molecule has 1 aliphatic rings. The largest absolute Gasteiger partial charge is 0.496 e. The number of nitrogens with zero attached hydrogens (tertiary/aromatic N) is 4. The number of methoxy groups -OCH3 is 1. The number of carbonyl (C=O) groups is 2. The molecular formula is C34H33N5O3. The maximum Gasteiger partial charge on any atom is 0.267 e. The highest BCUT2D eigenvalue weighted by Gasteiger charge is 2.27. The van der Waals surface area contributed by atoms with Crippen LogP contribution in [0.5, 0.6) is 5.75 Å². The first-order valence-corrected chi connectivity index (χ1v) is 14.1. The van der Waals surface area contributed by atoms with Crippen molar-refractivity contribution in [3.05, 3.63) is 126 Å². The third-order valence-electron chi connectivity index (χ3n) is 7.79. The number of rotatable bonds is 8. The summed E-state index contributed by atoms with van der Waals surface area (Å²) in [5.41, 5.74) is 6.94. The van der Waals surface area contributed by atoms with Gasteiger partial charge in [-0.05, 0) is 66.4 Å². The van der Waals surface area contributed by atoms with Crippen molar-refractivity contribution in [1.29, 1.82) is 0 Å². The molecule has 2 amide bonds. The van der Waals surface area contributed by atoms with E-state index in [0.29, 0.717) is 30.9 Å². The van der Waals surface area contributed by atoms with Crippen LogP contribution in [-0.4, -0.2) is 39.6 Å². The van der Waals surface area contributed by atoms with Crippen LogP contribution in [0.15, 0.2) is 97.6 Å². The summed E-state index contributed by atoms with van der Waals surface area (Å²) in [7, 11) is 1.66. The number of ether oxygens (including phenoxy) is 1. The first kappa shape index (κ1) is 27.1. The Hall–Kier alpha value is -5.11. The van der Waals surface area contributed by atoms with E-state index in [1.807, 2.05) is 106 Å². The normalized spacial score (nSPS) is 12.3. The van der Waals surface area contributed by atoms with Crippen molar-refractivity contribution in [3.63, 3.8) is 0 Å². The lowest BCUT2D eigenvalue weighted by Crippen LogP contribution is -2.31. The fourth-order valence-corrected chi connectivity index (χ4v) is 5.63. The van der Waals surface area contributed by atoms with E-state index >= 15 is 0 Å². The number of hydrogen-bond donors (Lipinski definition) is 1. The quantitative estimate of drug-likeness (QED) is 0.248. The Bertz CT molecular complexity index is 1740. The lowest BCUT2D eigenvalue weighted by Gasteiger charge is -2.23. The van der Waals surface area contributed by atoms with Gasteiger partial charge in [0.2, 0.25) is 0 Å². The zero-order valence-electron chi connectivity index (χ0n) is 23.8. The Kier molecular flexibility index (Phi) is 7.60. The van der Waals surface area contributed by atoms with Gasteiger partial charge in [-0.15, -0.1) is 0 Å². The average Bonchev–Trinajstić information content (AvgIpc) is 3.65. The van der Waals surface area contributed by atoms with E-state index in [0.717, 1.165) is 52.4 Å². The maximum atomic E-state index is 14.1. The number of carbonyl (C=O) groups excluding carboxylic acids is 2. The summed E-state index contributed by atoms with van der Waals surface area (Å²) in [5, 5.41) is 3.05. The van der Waals surface area contributed by atoms with Crippen LogP contribution in [0.4, 0.5) is 5.69 Å². The average molecular weight is 560 g/mol. The molecule has 0 aliphatic carbocycles. The zero-order valence-corrected chi connectivity index (χ0v) is 23.8. The van der Waals surface area contributed by atoms with E-state index in [-0.39, 0.29) is 11.8 Å². The number of nitrogens with one attached hydrogen (secondary N) is 1. The lowest BCUT2D eigenvalue weighted by atomic mass is 9.97. The van der Waals surface area contributed by atoms with Crippen molar-refractivity contribution < 1.29 is 14.3 Å². The summed E-state index contributed by atoms with van der Waals surface area (Å²) in [5.74, 6) is 0.587. The Labute approximate surface area is 245 Å². The molecule has 8 heteroatoms. The van der Waals surface area contributed by atoms with E-state index in [9.17, 15) is 9.59 Å². The third-order valence-corrected chi connectivity index (χ3v) is 7.79. The van der Waals surface area contributed by atoms with Crippen molar-refractivity contribution >= 4 is 17.5 Å². The molecule has 5 aromatic rings. The molecule has 0 unspecified atom stereocenters. The van der Waals surface area contributed by atoms with Gasteiger partial charge < -0.3 is 24.1 Å². The van der Waals surface area contributed by atoms with Crippen LogP contribution >= 0.6 is 0 Å². The van der Waals surface area contributed by atoms with Gasteiger partial charge in [0.25, 0.3) is 11.8 Å². The minimum Gasteiger partial charge on any atom is -0.496 e. The number of imidazole rings is 1. The summed E-state index contributed by atoms with van der Waals surface area (Å²) >= 11 is 0. The van der Waals surface area contributed by atoms with Crippen LogP contribution in [-0.2, 0) is 19.6 Å². The molecule has 42 heavy (non-hydrogen) atoms. The fourth-order valence-electron chi connectivity index (χ4n) is 5.63. The molecule has 0 bridgehead atoms. The Morgan fingerprint density at radius 1 is 0.952 bits per heavy atom. The van der Waals surface area contributed by atoms with Crippen LogP contribution in [0.1, 0.15) is 44.1 Å². The molecule has 0 fully saturated rings. The summed E-state index contributed by atoms with van der Waals surface area (Å²) in [6.45, 7) is 4.22. The van der Waals surface area contributed by atoms with Gasteiger partial charge >= 0.3 is 0 Å². The van der Waals surface area contributed by atoms with Gasteiger partial charge in [0.15, 0.2) is 0 Å². The van der Waals surface area contributed by atoms with Gasteiger partial charge in [0.05, 0.1) is 26.5 Å². The van der Waals surface area contributed by atoms with Crippen LogP contribution in [0, 0.1) is 6.92 Å². The number of aromatic nitrogens is 3. The van der Waals surface area contributed by atoms with Gasteiger partial charge in [-0.1, -0.05) is 42.5 Å². The van der Waals surface area contributed by atoms with Crippen LogP contribution in [0.2, 0.25) is 0 Å². The zero-order chi connectivity index (χ0) is 29.1. The first-order chi connectivity index (χ1) is 20.5. The number of amides is 2.